The highest BCUT2D eigenvalue weighted by Crippen LogP contribution is 2.37. The molecule has 0 aliphatic rings. The van der Waals surface area contributed by atoms with Gasteiger partial charge in [-0.1, -0.05) is 66.2 Å². The van der Waals surface area contributed by atoms with Gasteiger partial charge in [0.05, 0.1) is 31.9 Å². The van der Waals surface area contributed by atoms with Gasteiger partial charge < -0.3 is 24.4 Å². The van der Waals surface area contributed by atoms with Crippen LogP contribution in [-0.2, 0) is 32.6 Å². The number of rotatable bonds is 15. The van der Waals surface area contributed by atoms with E-state index in [0.717, 1.165) is 21.0 Å². The molecule has 48 heavy (non-hydrogen) atoms. The zero-order chi connectivity index (χ0) is 34.8. The highest BCUT2D eigenvalue weighted by Gasteiger charge is 2.36. The normalized spacial score (nSPS) is 11.7. The lowest BCUT2D eigenvalue weighted by atomic mass is 10.0. The molecule has 0 bridgehead atoms. The molecule has 4 aromatic rings. The molecule has 0 aromatic heterocycles. The summed E-state index contributed by atoms with van der Waals surface area (Å²) in [5.41, 5.74) is 2.60. The second kappa shape index (κ2) is 16.4. The molecule has 12 heteroatoms. The zero-order valence-corrected chi connectivity index (χ0v) is 29.2. The highest BCUT2D eigenvalue weighted by atomic mass is 35.5. The molecule has 254 valence electrons. The van der Waals surface area contributed by atoms with Crippen LogP contribution < -0.4 is 23.8 Å². The molecule has 0 aliphatic carbocycles. The fourth-order valence-corrected chi connectivity index (χ4v) is 6.89. The fourth-order valence-electron chi connectivity index (χ4n) is 5.29. The summed E-state index contributed by atoms with van der Waals surface area (Å²) in [6, 6.07) is 24.6. The number of sulfonamides is 1. The number of carbonyl (C=O) groups is 2. The highest BCUT2D eigenvalue weighted by molar-refractivity contribution is 7.92. The van der Waals surface area contributed by atoms with Crippen molar-refractivity contribution < 1.29 is 32.2 Å². The van der Waals surface area contributed by atoms with E-state index >= 15 is 0 Å². The average Bonchev–Trinajstić information content (AvgIpc) is 3.09. The first-order valence-electron chi connectivity index (χ1n) is 15.3. The van der Waals surface area contributed by atoms with E-state index in [2.05, 4.69) is 5.32 Å². The van der Waals surface area contributed by atoms with Gasteiger partial charge in [0.1, 0.15) is 18.3 Å². The smallest absolute Gasteiger partial charge is 0.265 e. The molecule has 0 radical (unpaired) electrons. The van der Waals surface area contributed by atoms with E-state index in [1.807, 2.05) is 61.5 Å². The summed E-state index contributed by atoms with van der Waals surface area (Å²) in [6.45, 7) is 3.44. The number of anilines is 1. The lowest BCUT2D eigenvalue weighted by Gasteiger charge is -2.34. The van der Waals surface area contributed by atoms with Crippen LogP contribution in [-0.4, -0.2) is 65.6 Å². The summed E-state index contributed by atoms with van der Waals surface area (Å²) in [5.74, 6) is -0.293. The Morgan fingerprint density at radius 1 is 0.833 bits per heavy atom. The molecule has 0 fully saturated rings. The number of benzene rings is 4. The Hall–Kier alpha value is -4.74. The van der Waals surface area contributed by atoms with E-state index in [1.54, 1.807) is 13.0 Å². The van der Waals surface area contributed by atoms with Crippen LogP contribution in [0.15, 0.2) is 95.9 Å². The van der Waals surface area contributed by atoms with E-state index < -0.39 is 28.5 Å². The first-order chi connectivity index (χ1) is 23.0. The minimum atomic E-state index is -4.47. The molecular weight excluding hydrogens is 654 g/mol. The third-order valence-electron chi connectivity index (χ3n) is 7.86. The fraction of sp³-hybridized carbons (Fsp3) is 0.278. The van der Waals surface area contributed by atoms with Gasteiger partial charge in [-0.2, -0.15) is 0 Å². The monoisotopic (exact) mass is 693 g/mol. The maximum atomic E-state index is 14.7. The number of halogens is 1. The van der Waals surface area contributed by atoms with Gasteiger partial charge in [0.25, 0.3) is 10.0 Å². The number of nitrogens with one attached hydrogen (secondary N) is 1. The first kappa shape index (κ1) is 36.1. The van der Waals surface area contributed by atoms with Gasteiger partial charge in [-0.15, -0.1) is 0 Å². The number of carbonyl (C=O) groups excluding carboxylic acids is 2. The molecule has 2 amide bonds. The Bertz CT molecular complexity index is 1840. The predicted molar refractivity (Wildman–Crippen MR) is 186 cm³/mol. The van der Waals surface area contributed by atoms with Gasteiger partial charge in [0.15, 0.2) is 11.5 Å². The van der Waals surface area contributed by atoms with Crippen molar-refractivity contribution in [2.75, 3.05) is 38.7 Å². The lowest BCUT2D eigenvalue weighted by Crippen LogP contribution is -2.53. The van der Waals surface area contributed by atoms with Crippen molar-refractivity contribution in [1.82, 2.24) is 10.2 Å². The van der Waals surface area contributed by atoms with Gasteiger partial charge in [0.2, 0.25) is 11.8 Å². The number of hydrogen-bond acceptors (Lipinski definition) is 7. The van der Waals surface area contributed by atoms with E-state index in [9.17, 15) is 18.0 Å². The molecule has 1 atom stereocenters. The van der Waals surface area contributed by atoms with Gasteiger partial charge in [-0.3, -0.25) is 13.9 Å². The van der Waals surface area contributed by atoms with Crippen molar-refractivity contribution in [2.24, 2.45) is 0 Å². The number of aryl methyl sites for hydroxylation is 1. The van der Waals surface area contributed by atoms with Crippen molar-refractivity contribution >= 4 is 39.1 Å². The molecule has 0 unspecified atom stereocenters. The molecule has 0 saturated heterocycles. The van der Waals surface area contributed by atoms with Crippen molar-refractivity contribution in [2.45, 2.75) is 37.8 Å². The average molecular weight is 694 g/mol. The van der Waals surface area contributed by atoms with E-state index in [-0.39, 0.29) is 46.0 Å². The molecule has 0 aliphatic heterocycles. The molecule has 0 saturated carbocycles. The number of hydrogen-bond donors (Lipinski definition) is 1. The first-order valence-corrected chi connectivity index (χ1v) is 17.1. The number of methoxy groups -OCH3 is 3. The predicted octanol–water partition coefficient (Wildman–Crippen LogP) is 5.65. The van der Waals surface area contributed by atoms with Gasteiger partial charge in [-0.05, 0) is 60.9 Å². The van der Waals surface area contributed by atoms with Crippen molar-refractivity contribution in [3.8, 4) is 17.2 Å². The van der Waals surface area contributed by atoms with Crippen LogP contribution in [0.25, 0.3) is 0 Å². The van der Waals surface area contributed by atoms with E-state index in [1.165, 1.54) is 56.6 Å². The maximum Gasteiger partial charge on any atom is 0.265 e. The largest absolute Gasteiger partial charge is 0.495 e. The molecular formula is C36H40ClN3O7S. The molecule has 4 aromatic carbocycles. The minimum absolute atomic E-state index is 0.0431. The van der Waals surface area contributed by atoms with E-state index in [0.29, 0.717) is 12.3 Å². The van der Waals surface area contributed by atoms with E-state index in [4.69, 9.17) is 25.8 Å². The second-order valence-corrected chi connectivity index (χ2v) is 13.2. The summed E-state index contributed by atoms with van der Waals surface area (Å²) < 4.78 is 46.2. The second-order valence-electron chi connectivity index (χ2n) is 10.9. The zero-order valence-electron chi connectivity index (χ0n) is 27.6. The van der Waals surface area contributed by atoms with Crippen LogP contribution in [0.2, 0.25) is 5.02 Å². The van der Waals surface area contributed by atoms with Crippen LogP contribution in [0.1, 0.15) is 23.6 Å². The molecule has 0 heterocycles. The standard InChI is InChI=1S/C36H40ClN3O7S/c1-6-38-36(42)31(20-26-13-8-7-9-14-26)39(23-27-15-11-10-12-25(27)2)35(41)24-40(30-21-28(37)16-18-32(30)45-3)48(43,44)29-17-19-33(46-4)34(22-29)47-5/h7-19,21-22,31H,6,20,23-24H2,1-5H3,(H,38,42)/t31-/m1/s1. The summed E-state index contributed by atoms with van der Waals surface area (Å²) in [7, 11) is -0.243. The van der Waals surface area contributed by atoms with Crippen LogP contribution >= 0.6 is 11.6 Å². The Labute approximate surface area is 287 Å². The maximum absolute atomic E-state index is 14.7. The van der Waals surface area contributed by atoms with Crippen LogP contribution in [0.4, 0.5) is 5.69 Å². The van der Waals surface area contributed by atoms with Crippen molar-refractivity contribution in [1.29, 1.82) is 0 Å². The SMILES string of the molecule is CCNC(=O)[C@@H](Cc1ccccc1)N(Cc1ccccc1C)C(=O)CN(c1cc(Cl)ccc1OC)S(=O)(=O)c1ccc(OC)c(OC)c1. The summed E-state index contributed by atoms with van der Waals surface area (Å²) in [6.07, 6.45) is 0.202. The molecule has 10 nitrogen and oxygen atoms in total. The number of ether oxygens (including phenoxy) is 3. The Balaban J connectivity index is 1.88. The summed E-state index contributed by atoms with van der Waals surface area (Å²) in [4.78, 5) is 29.7. The summed E-state index contributed by atoms with van der Waals surface area (Å²) >= 11 is 6.38. The Morgan fingerprint density at radius 3 is 2.12 bits per heavy atom. The molecule has 4 rings (SSSR count). The topological polar surface area (TPSA) is 114 Å². The summed E-state index contributed by atoms with van der Waals surface area (Å²) in [5, 5.41) is 3.09. The van der Waals surface area contributed by atoms with Gasteiger partial charge in [-0.25, -0.2) is 8.42 Å². The Morgan fingerprint density at radius 2 is 1.48 bits per heavy atom. The number of amides is 2. The van der Waals surface area contributed by atoms with Gasteiger partial charge >= 0.3 is 0 Å². The molecule has 1 N–H and O–H groups in total. The minimum Gasteiger partial charge on any atom is -0.495 e. The van der Waals surface area contributed by atoms with Crippen molar-refractivity contribution in [3.63, 3.8) is 0 Å². The number of nitrogens with zero attached hydrogens (tertiary/aromatic N) is 2. The number of likely N-dealkylation sites (N-methyl/N-ethyl adjacent to an activating group) is 1. The van der Waals surface area contributed by atoms with Crippen LogP contribution in [0.5, 0.6) is 17.2 Å². The van der Waals surface area contributed by atoms with Crippen molar-refractivity contribution in [3.05, 3.63) is 113 Å². The van der Waals surface area contributed by atoms with Crippen LogP contribution in [0, 0.1) is 6.92 Å². The van der Waals surface area contributed by atoms with Gasteiger partial charge in [0, 0.05) is 30.6 Å². The quantitative estimate of drug-likeness (QED) is 0.171. The van der Waals surface area contributed by atoms with Crippen LogP contribution in [0.3, 0.4) is 0 Å². The Kier molecular flexibility index (Phi) is 12.3. The lowest BCUT2D eigenvalue weighted by molar-refractivity contribution is -0.140. The third-order valence-corrected chi connectivity index (χ3v) is 9.85. The third kappa shape index (κ3) is 8.39. The molecule has 0 spiro atoms.